The zero-order valence-electron chi connectivity index (χ0n) is 14.8. The molecular weight excluding hydrogens is 334 g/mol. The van der Waals surface area contributed by atoms with Crippen LogP contribution in [-0.2, 0) is 16.1 Å². The van der Waals surface area contributed by atoms with Crippen LogP contribution in [0.3, 0.4) is 0 Å². The molecule has 0 radical (unpaired) electrons. The van der Waals surface area contributed by atoms with Crippen molar-refractivity contribution in [2.75, 3.05) is 0 Å². The van der Waals surface area contributed by atoms with Gasteiger partial charge in [-0.2, -0.15) is 0 Å². The summed E-state index contributed by atoms with van der Waals surface area (Å²) in [5.41, 5.74) is 0.815. The highest BCUT2D eigenvalue weighted by Gasteiger charge is 2.33. The van der Waals surface area contributed by atoms with Crippen molar-refractivity contribution in [3.63, 3.8) is 0 Å². The Labute approximate surface area is 152 Å². The molecule has 1 amide bonds. The second kappa shape index (κ2) is 9.58. The standard InChI is InChI=1S/C20H23NO5/c1-14(2)18(22)17(19(23)26-16-11-7-4-8-12-16)21-20(24)25-13-15-9-5-3-6-10-15/h3-12,14,17-18,22H,13H2,1-2H3,(H,21,24)/t17-,18+/m1/s1. The number of ether oxygens (including phenoxy) is 2. The van der Waals surface area contributed by atoms with Crippen molar-refractivity contribution in [2.45, 2.75) is 32.6 Å². The maximum absolute atomic E-state index is 12.4. The third-order valence-corrected chi connectivity index (χ3v) is 3.73. The number of benzene rings is 2. The molecule has 2 rings (SSSR count). The van der Waals surface area contributed by atoms with E-state index in [4.69, 9.17) is 9.47 Å². The zero-order chi connectivity index (χ0) is 18.9. The molecule has 0 aliphatic rings. The van der Waals surface area contributed by atoms with Crippen molar-refractivity contribution in [2.24, 2.45) is 5.92 Å². The lowest BCUT2D eigenvalue weighted by Gasteiger charge is -2.24. The Morgan fingerprint density at radius 2 is 1.58 bits per heavy atom. The minimum atomic E-state index is -1.24. The fraction of sp³-hybridized carbons (Fsp3) is 0.300. The van der Waals surface area contributed by atoms with Gasteiger partial charge >= 0.3 is 12.1 Å². The molecule has 0 spiro atoms. The number of hydrogen-bond donors (Lipinski definition) is 2. The first-order chi connectivity index (χ1) is 12.5. The Morgan fingerprint density at radius 3 is 2.15 bits per heavy atom. The van der Waals surface area contributed by atoms with Gasteiger partial charge in [-0.15, -0.1) is 0 Å². The van der Waals surface area contributed by atoms with E-state index in [0.29, 0.717) is 5.75 Å². The number of para-hydroxylation sites is 1. The molecule has 0 fully saturated rings. The van der Waals surface area contributed by atoms with Gasteiger partial charge in [0.25, 0.3) is 0 Å². The second-order valence-corrected chi connectivity index (χ2v) is 6.15. The number of carbonyl (C=O) groups excluding carboxylic acids is 2. The van der Waals surface area contributed by atoms with Crippen molar-refractivity contribution in [3.05, 3.63) is 66.2 Å². The SMILES string of the molecule is CC(C)[C@H](O)[C@@H](NC(=O)OCc1ccccc1)C(=O)Oc1ccccc1. The molecule has 0 saturated heterocycles. The van der Waals surface area contributed by atoms with Gasteiger partial charge in [0.15, 0.2) is 6.04 Å². The average Bonchev–Trinajstić information content (AvgIpc) is 2.65. The molecule has 6 nitrogen and oxygen atoms in total. The van der Waals surface area contributed by atoms with Crippen LogP contribution in [0.2, 0.25) is 0 Å². The van der Waals surface area contributed by atoms with Gasteiger partial charge in [-0.05, 0) is 23.6 Å². The normalized spacial score (nSPS) is 12.9. The quantitative estimate of drug-likeness (QED) is 0.588. The van der Waals surface area contributed by atoms with E-state index < -0.39 is 24.2 Å². The molecule has 0 aliphatic carbocycles. The van der Waals surface area contributed by atoms with Crippen molar-refractivity contribution in [3.8, 4) is 5.75 Å². The maximum Gasteiger partial charge on any atom is 0.408 e. The first kappa shape index (κ1) is 19.5. The summed E-state index contributed by atoms with van der Waals surface area (Å²) in [6.07, 6.45) is -1.92. The van der Waals surface area contributed by atoms with Gasteiger partial charge in [0.1, 0.15) is 12.4 Å². The molecule has 2 atom stereocenters. The van der Waals surface area contributed by atoms with Crippen LogP contribution in [0.25, 0.3) is 0 Å². The smallest absolute Gasteiger partial charge is 0.408 e. The van der Waals surface area contributed by atoms with Crippen molar-refractivity contribution in [1.29, 1.82) is 0 Å². The van der Waals surface area contributed by atoms with Crippen LogP contribution in [0.1, 0.15) is 19.4 Å². The number of carbonyl (C=O) groups is 2. The van der Waals surface area contributed by atoms with Gasteiger partial charge in [0.05, 0.1) is 6.10 Å². The summed E-state index contributed by atoms with van der Waals surface area (Å²) in [7, 11) is 0. The first-order valence-electron chi connectivity index (χ1n) is 8.39. The molecule has 0 bridgehead atoms. The maximum atomic E-state index is 12.4. The van der Waals surface area contributed by atoms with E-state index in [1.807, 2.05) is 30.3 Å². The second-order valence-electron chi connectivity index (χ2n) is 6.15. The van der Waals surface area contributed by atoms with E-state index >= 15 is 0 Å². The number of amides is 1. The molecule has 0 aromatic heterocycles. The molecule has 0 unspecified atom stereocenters. The van der Waals surface area contributed by atoms with Gasteiger partial charge in [-0.3, -0.25) is 0 Å². The Bertz CT molecular complexity index is 703. The highest BCUT2D eigenvalue weighted by atomic mass is 16.6. The topological polar surface area (TPSA) is 84.9 Å². The third-order valence-electron chi connectivity index (χ3n) is 3.73. The number of aliphatic hydroxyl groups is 1. The molecule has 138 valence electrons. The lowest BCUT2D eigenvalue weighted by Crippen LogP contribution is -2.52. The number of alkyl carbamates (subject to hydrolysis) is 1. The lowest BCUT2D eigenvalue weighted by molar-refractivity contribution is -0.140. The minimum absolute atomic E-state index is 0.0604. The van der Waals surface area contributed by atoms with Crippen LogP contribution in [0.4, 0.5) is 4.79 Å². The third kappa shape index (κ3) is 5.89. The minimum Gasteiger partial charge on any atom is -0.445 e. The van der Waals surface area contributed by atoms with Crippen LogP contribution in [0.15, 0.2) is 60.7 Å². The van der Waals surface area contributed by atoms with E-state index in [2.05, 4.69) is 5.32 Å². The van der Waals surface area contributed by atoms with Crippen LogP contribution in [-0.4, -0.2) is 29.3 Å². The van der Waals surface area contributed by atoms with E-state index in [-0.39, 0.29) is 12.5 Å². The molecule has 0 saturated carbocycles. The van der Waals surface area contributed by atoms with E-state index in [9.17, 15) is 14.7 Å². The Morgan fingerprint density at radius 1 is 1.00 bits per heavy atom. The lowest BCUT2D eigenvalue weighted by atomic mass is 10.00. The van der Waals surface area contributed by atoms with Gasteiger partial charge in [0, 0.05) is 0 Å². The molecule has 2 N–H and O–H groups in total. The monoisotopic (exact) mass is 357 g/mol. The van der Waals surface area contributed by atoms with E-state index in [0.717, 1.165) is 5.56 Å². The molecule has 2 aromatic carbocycles. The van der Waals surface area contributed by atoms with Gasteiger partial charge < -0.3 is 19.9 Å². The van der Waals surface area contributed by atoms with Crippen molar-refractivity contribution < 1.29 is 24.2 Å². The molecule has 0 aliphatic heterocycles. The van der Waals surface area contributed by atoms with Crippen LogP contribution < -0.4 is 10.1 Å². The summed E-state index contributed by atoms with van der Waals surface area (Å²) in [6.45, 7) is 3.54. The number of rotatable bonds is 7. The summed E-state index contributed by atoms with van der Waals surface area (Å²) < 4.78 is 10.4. The van der Waals surface area contributed by atoms with E-state index in [1.165, 1.54) is 0 Å². The Kier molecular flexibility index (Phi) is 7.17. The largest absolute Gasteiger partial charge is 0.445 e. The predicted octanol–water partition coefficient (Wildman–Crippen LogP) is 2.90. The van der Waals surface area contributed by atoms with Crippen molar-refractivity contribution in [1.82, 2.24) is 5.32 Å². The van der Waals surface area contributed by atoms with Crippen LogP contribution in [0, 0.1) is 5.92 Å². The fourth-order valence-electron chi connectivity index (χ4n) is 2.23. The number of esters is 1. The summed E-state index contributed by atoms with van der Waals surface area (Å²) in [4.78, 5) is 24.5. The summed E-state index contributed by atoms with van der Waals surface area (Å²) in [6, 6.07) is 16.4. The van der Waals surface area contributed by atoms with Crippen LogP contribution in [0.5, 0.6) is 5.75 Å². The van der Waals surface area contributed by atoms with Crippen molar-refractivity contribution >= 4 is 12.1 Å². The molecule has 6 heteroatoms. The molecule has 26 heavy (non-hydrogen) atoms. The van der Waals surface area contributed by atoms with Gasteiger partial charge in [-0.1, -0.05) is 62.4 Å². The summed E-state index contributed by atoms with van der Waals surface area (Å²) in [5, 5.41) is 12.7. The van der Waals surface area contributed by atoms with Gasteiger partial charge in [0.2, 0.25) is 0 Å². The Balaban J connectivity index is 1.99. The molecule has 2 aromatic rings. The highest BCUT2D eigenvalue weighted by Crippen LogP contribution is 2.13. The molecule has 0 heterocycles. The number of aliphatic hydroxyl groups excluding tert-OH is 1. The fourth-order valence-corrected chi connectivity index (χ4v) is 2.23. The van der Waals surface area contributed by atoms with Crippen LogP contribution >= 0.6 is 0 Å². The zero-order valence-corrected chi connectivity index (χ0v) is 14.8. The summed E-state index contributed by atoms with van der Waals surface area (Å²) in [5.74, 6) is -0.690. The highest BCUT2D eigenvalue weighted by molar-refractivity contribution is 5.83. The average molecular weight is 357 g/mol. The predicted molar refractivity (Wildman–Crippen MR) is 96.5 cm³/mol. The van der Waals surface area contributed by atoms with E-state index in [1.54, 1.807) is 44.2 Å². The Hall–Kier alpha value is -2.86. The summed E-state index contributed by atoms with van der Waals surface area (Å²) >= 11 is 0. The first-order valence-corrected chi connectivity index (χ1v) is 8.39. The number of hydrogen-bond acceptors (Lipinski definition) is 5. The van der Waals surface area contributed by atoms with Gasteiger partial charge in [-0.25, -0.2) is 9.59 Å². The number of nitrogens with one attached hydrogen (secondary N) is 1. The molecular formula is C20H23NO5.